The maximum Gasteiger partial charge on any atom is 0.192 e. The minimum atomic E-state index is -1.91. The molecule has 0 radical (unpaired) electrons. The third-order valence-corrected chi connectivity index (χ3v) is 10.1. The van der Waals surface area contributed by atoms with Gasteiger partial charge in [-0.05, 0) is 37.4 Å². The van der Waals surface area contributed by atoms with Crippen LogP contribution < -0.4 is 0 Å². The molecule has 0 unspecified atom stereocenters. The molecule has 0 aliphatic heterocycles. The van der Waals surface area contributed by atoms with Crippen LogP contribution in [0.5, 0.6) is 0 Å². The number of hydrogen-bond acceptors (Lipinski definition) is 2. The average molecular weight is 349 g/mol. The SMILES string of the molecule is C=C[C@H](O[Si](C)(C)C(C)(C)C)[C@H](C=O)CCC#CC1CCCCC1. The average Bonchev–Trinajstić information content (AvgIpc) is 2.53. The molecule has 2 nitrogen and oxygen atoms in total. The van der Waals surface area contributed by atoms with Gasteiger partial charge in [0.1, 0.15) is 6.29 Å². The lowest BCUT2D eigenvalue weighted by Crippen LogP contribution is -2.45. The van der Waals surface area contributed by atoms with E-state index in [1.54, 1.807) is 6.08 Å². The number of carbonyl (C=O) groups excluding carboxylic acids is 1. The molecule has 136 valence electrons. The van der Waals surface area contributed by atoms with Crippen LogP contribution in [-0.4, -0.2) is 20.7 Å². The number of aldehydes is 1. The van der Waals surface area contributed by atoms with Crippen molar-refractivity contribution < 1.29 is 9.22 Å². The van der Waals surface area contributed by atoms with E-state index in [1.165, 1.54) is 32.1 Å². The third kappa shape index (κ3) is 6.57. The molecule has 0 spiro atoms. The largest absolute Gasteiger partial charge is 0.410 e. The Kier molecular flexibility index (Phi) is 8.46. The van der Waals surface area contributed by atoms with E-state index < -0.39 is 8.32 Å². The van der Waals surface area contributed by atoms with Gasteiger partial charge >= 0.3 is 0 Å². The lowest BCUT2D eigenvalue weighted by Gasteiger charge is -2.39. The molecular formula is C21H36O2Si. The van der Waals surface area contributed by atoms with Crippen molar-refractivity contribution >= 4 is 14.6 Å². The van der Waals surface area contributed by atoms with Gasteiger partial charge in [0.25, 0.3) is 0 Å². The second kappa shape index (κ2) is 9.58. The van der Waals surface area contributed by atoms with Crippen molar-refractivity contribution in [2.24, 2.45) is 11.8 Å². The molecule has 0 saturated heterocycles. The molecule has 0 aromatic heterocycles. The molecule has 1 fully saturated rings. The summed E-state index contributed by atoms with van der Waals surface area (Å²) < 4.78 is 6.39. The zero-order chi connectivity index (χ0) is 18.2. The smallest absolute Gasteiger partial charge is 0.192 e. The van der Waals surface area contributed by atoms with Crippen molar-refractivity contribution in [2.75, 3.05) is 0 Å². The van der Waals surface area contributed by atoms with E-state index in [0.717, 1.165) is 19.1 Å². The number of hydrogen-bond donors (Lipinski definition) is 0. The van der Waals surface area contributed by atoms with Crippen molar-refractivity contribution in [3.05, 3.63) is 12.7 Å². The first-order valence-electron chi connectivity index (χ1n) is 9.45. The Morgan fingerprint density at radius 2 is 1.88 bits per heavy atom. The zero-order valence-electron chi connectivity index (χ0n) is 16.4. The first-order chi connectivity index (χ1) is 11.2. The maximum absolute atomic E-state index is 11.6. The van der Waals surface area contributed by atoms with E-state index in [9.17, 15) is 4.79 Å². The summed E-state index contributed by atoms with van der Waals surface area (Å²) in [7, 11) is -1.91. The first-order valence-corrected chi connectivity index (χ1v) is 12.4. The zero-order valence-corrected chi connectivity index (χ0v) is 17.4. The van der Waals surface area contributed by atoms with Crippen molar-refractivity contribution in [1.82, 2.24) is 0 Å². The summed E-state index contributed by atoms with van der Waals surface area (Å²) in [5, 5.41) is 0.127. The maximum atomic E-state index is 11.6. The van der Waals surface area contributed by atoms with Gasteiger partial charge < -0.3 is 9.22 Å². The molecule has 1 rings (SSSR count). The summed E-state index contributed by atoms with van der Waals surface area (Å²) in [6.45, 7) is 15.0. The molecule has 0 amide bonds. The van der Waals surface area contributed by atoms with E-state index in [1.807, 2.05) is 0 Å². The second-order valence-corrected chi connectivity index (χ2v) is 13.3. The highest BCUT2D eigenvalue weighted by molar-refractivity contribution is 6.74. The summed E-state index contributed by atoms with van der Waals surface area (Å²) in [5.41, 5.74) is 0. The molecule has 2 atom stereocenters. The van der Waals surface area contributed by atoms with E-state index >= 15 is 0 Å². The highest BCUT2D eigenvalue weighted by Crippen LogP contribution is 2.38. The minimum absolute atomic E-state index is 0.127. The summed E-state index contributed by atoms with van der Waals surface area (Å²) >= 11 is 0. The van der Waals surface area contributed by atoms with Crippen LogP contribution in [-0.2, 0) is 9.22 Å². The van der Waals surface area contributed by atoms with Crippen molar-refractivity contribution in [3.8, 4) is 11.8 Å². The highest BCUT2D eigenvalue weighted by Gasteiger charge is 2.39. The van der Waals surface area contributed by atoms with E-state index in [0.29, 0.717) is 5.92 Å². The van der Waals surface area contributed by atoms with Crippen LogP contribution in [0.2, 0.25) is 18.1 Å². The minimum Gasteiger partial charge on any atom is -0.410 e. The molecule has 1 aliphatic carbocycles. The molecule has 1 saturated carbocycles. The van der Waals surface area contributed by atoms with Crippen LogP contribution in [0.15, 0.2) is 12.7 Å². The van der Waals surface area contributed by atoms with Gasteiger partial charge in [-0.3, -0.25) is 0 Å². The van der Waals surface area contributed by atoms with Gasteiger partial charge in [-0.1, -0.05) is 52.0 Å². The van der Waals surface area contributed by atoms with Gasteiger partial charge in [-0.15, -0.1) is 12.5 Å². The van der Waals surface area contributed by atoms with Crippen molar-refractivity contribution in [3.63, 3.8) is 0 Å². The first kappa shape index (κ1) is 21.2. The number of rotatable bonds is 7. The normalized spacial score (nSPS) is 19.0. The molecule has 1 aliphatic rings. The van der Waals surface area contributed by atoms with Crippen LogP contribution in [0, 0.1) is 23.7 Å². The third-order valence-electron chi connectivity index (χ3n) is 5.58. The second-order valence-electron chi connectivity index (χ2n) is 8.57. The van der Waals surface area contributed by atoms with Crippen molar-refractivity contribution in [1.29, 1.82) is 0 Å². The van der Waals surface area contributed by atoms with E-state index in [-0.39, 0.29) is 17.1 Å². The van der Waals surface area contributed by atoms with Gasteiger partial charge in [-0.25, -0.2) is 0 Å². The summed E-state index contributed by atoms with van der Waals surface area (Å²) in [4.78, 5) is 11.6. The summed E-state index contributed by atoms with van der Waals surface area (Å²) in [6.07, 6.45) is 10.6. The molecular weight excluding hydrogens is 312 g/mol. The van der Waals surface area contributed by atoms with Gasteiger partial charge in [0.2, 0.25) is 0 Å². The predicted molar refractivity (Wildman–Crippen MR) is 105 cm³/mol. The Balaban J connectivity index is 2.58. The fourth-order valence-corrected chi connectivity index (χ4v) is 4.14. The monoisotopic (exact) mass is 348 g/mol. The Morgan fingerprint density at radius 3 is 2.38 bits per heavy atom. The van der Waals surface area contributed by atoms with Crippen LogP contribution >= 0.6 is 0 Å². The predicted octanol–water partition coefficient (Wildman–Crippen LogP) is 5.74. The van der Waals surface area contributed by atoms with Gasteiger partial charge in [0.05, 0.1) is 6.10 Å². The fraction of sp³-hybridized carbons (Fsp3) is 0.762. The van der Waals surface area contributed by atoms with Gasteiger partial charge in [-0.2, -0.15) is 0 Å². The Hall–Kier alpha value is -0.853. The topological polar surface area (TPSA) is 26.3 Å². The van der Waals surface area contributed by atoms with Gasteiger partial charge in [0, 0.05) is 18.3 Å². The molecule has 0 aromatic rings. The summed E-state index contributed by atoms with van der Waals surface area (Å²) in [5.74, 6) is 7.15. The molecule has 24 heavy (non-hydrogen) atoms. The van der Waals surface area contributed by atoms with Crippen molar-refractivity contribution in [2.45, 2.75) is 90.0 Å². The summed E-state index contributed by atoms with van der Waals surface area (Å²) in [6, 6.07) is 0. The van der Waals surface area contributed by atoms with Crippen LogP contribution in [0.1, 0.15) is 65.7 Å². The van der Waals surface area contributed by atoms with Crippen LogP contribution in [0.4, 0.5) is 0 Å². The molecule has 0 aromatic carbocycles. The van der Waals surface area contributed by atoms with Crippen LogP contribution in [0.3, 0.4) is 0 Å². The standard InChI is InChI=1S/C21H36O2Si/c1-7-20(23-24(5,6)21(2,3)4)19(17-22)16-12-11-15-18-13-9-8-10-14-18/h7,17-20H,1,8-10,12-14,16H2,2-6H3/t19-,20-/m0/s1. The Morgan fingerprint density at radius 1 is 1.25 bits per heavy atom. The molecule has 3 heteroatoms. The lowest BCUT2D eigenvalue weighted by molar-refractivity contribution is -0.113. The van der Waals surface area contributed by atoms with E-state index in [4.69, 9.17) is 4.43 Å². The fourth-order valence-electron chi connectivity index (χ4n) is 2.84. The van der Waals surface area contributed by atoms with Crippen LogP contribution in [0.25, 0.3) is 0 Å². The molecule has 0 bridgehead atoms. The van der Waals surface area contributed by atoms with E-state index in [2.05, 4.69) is 52.3 Å². The Labute approximate surface area is 150 Å². The highest BCUT2D eigenvalue weighted by atomic mass is 28.4. The molecule has 0 heterocycles. The molecule has 0 N–H and O–H groups in total. The number of carbonyl (C=O) groups is 1. The van der Waals surface area contributed by atoms with Gasteiger partial charge in [0.15, 0.2) is 8.32 Å². The Bertz CT molecular complexity index is 458. The quantitative estimate of drug-likeness (QED) is 0.254. The lowest BCUT2D eigenvalue weighted by atomic mass is 9.89.